The minimum atomic E-state index is -0.914. The van der Waals surface area contributed by atoms with E-state index in [1.54, 1.807) is 18.2 Å². The van der Waals surface area contributed by atoms with Crippen LogP contribution in [-0.4, -0.2) is 21.0 Å². The number of carboxylic acids is 1. The molecule has 3 aromatic carbocycles. The van der Waals surface area contributed by atoms with Gasteiger partial charge in [0.2, 0.25) is 0 Å². The number of aromatic nitrogens is 2. The molecular weight excluding hydrogens is 312 g/mol. The minimum absolute atomic E-state index is 0.295. The zero-order chi connectivity index (χ0) is 17.2. The number of hydrogen-bond donors (Lipinski definition) is 2. The van der Waals surface area contributed by atoms with E-state index in [0.29, 0.717) is 5.56 Å². The van der Waals surface area contributed by atoms with E-state index in [0.717, 1.165) is 40.0 Å². The van der Waals surface area contributed by atoms with E-state index < -0.39 is 5.97 Å². The number of aromatic amines is 1. The van der Waals surface area contributed by atoms with E-state index in [4.69, 9.17) is 5.11 Å². The number of para-hydroxylation sites is 2. The summed E-state index contributed by atoms with van der Waals surface area (Å²) in [7, 11) is 0. The number of rotatable bonds is 4. The summed E-state index contributed by atoms with van der Waals surface area (Å²) in [5, 5.41) is 9.11. The van der Waals surface area contributed by atoms with Gasteiger partial charge in [-0.3, -0.25) is 0 Å². The monoisotopic (exact) mass is 328 g/mol. The normalized spacial score (nSPS) is 10.9. The maximum atomic E-state index is 11.1. The lowest BCUT2D eigenvalue weighted by Crippen LogP contribution is -1.95. The van der Waals surface area contributed by atoms with Crippen LogP contribution < -0.4 is 0 Å². The molecule has 4 heteroatoms. The van der Waals surface area contributed by atoms with Crippen LogP contribution in [0.1, 0.15) is 21.7 Å². The van der Waals surface area contributed by atoms with Gasteiger partial charge < -0.3 is 10.1 Å². The van der Waals surface area contributed by atoms with Crippen LogP contribution >= 0.6 is 0 Å². The van der Waals surface area contributed by atoms with E-state index >= 15 is 0 Å². The lowest BCUT2D eigenvalue weighted by Gasteiger charge is -2.05. The van der Waals surface area contributed by atoms with Crippen LogP contribution in [0.15, 0.2) is 72.8 Å². The van der Waals surface area contributed by atoms with Crippen molar-refractivity contribution in [1.29, 1.82) is 0 Å². The third kappa shape index (κ3) is 3.15. The highest BCUT2D eigenvalue weighted by atomic mass is 16.4. The lowest BCUT2D eigenvalue weighted by atomic mass is 10.0. The van der Waals surface area contributed by atoms with Gasteiger partial charge in [-0.25, -0.2) is 9.78 Å². The molecule has 0 aliphatic heterocycles. The van der Waals surface area contributed by atoms with Gasteiger partial charge in [-0.15, -0.1) is 0 Å². The molecule has 0 atom stereocenters. The number of nitrogens with zero attached hydrogens (tertiary/aromatic N) is 1. The maximum absolute atomic E-state index is 11.1. The maximum Gasteiger partial charge on any atom is 0.335 e. The van der Waals surface area contributed by atoms with Crippen LogP contribution in [0.5, 0.6) is 0 Å². The Morgan fingerprint density at radius 1 is 0.920 bits per heavy atom. The smallest absolute Gasteiger partial charge is 0.335 e. The molecule has 4 aromatic rings. The van der Waals surface area contributed by atoms with Crippen molar-refractivity contribution in [3.05, 3.63) is 89.7 Å². The molecule has 0 bridgehead atoms. The molecule has 0 saturated heterocycles. The van der Waals surface area contributed by atoms with Crippen LogP contribution in [0, 0.1) is 0 Å². The Balaban J connectivity index is 1.57. The predicted molar refractivity (Wildman–Crippen MR) is 97.7 cm³/mol. The number of H-pyrrole nitrogens is 1. The van der Waals surface area contributed by atoms with Crippen LogP contribution in [0.25, 0.3) is 22.2 Å². The molecule has 2 N–H and O–H groups in total. The lowest BCUT2D eigenvalue weighted by molar-refractivity contribution is 0.0697. The predicted octanol–water partition coefficient (Wildman–Crippen LogP) is 4.52. The number of nitrogens with one attached hydrogen (secondary N) is 1. The first-order valence-electron chi connectivity index (χ1n) is 8.05. The van der Waals surface area contributed by atoms with Gasteiger partial charge in [0.25, 0.3) is 0 Å². The van der Waals surface area contributed by atoms with Crippen molar-refractivity contribution in [3.8, 4) is 11.1 Å². The molecule has 0 spiro atoms. The molecule has 0 fully saturated rings. The summed E-state index contributed by atoms with van der Waals surface area (Å²) in [5.41, 5.74) is 5.35. The van der Waals surface area contributed by atoms with Crippen molar-refractivity contribution in [2.75, 3.05) is 0 Å². The van der Waals surface area contributed by atoms with E-state index in [-0.39, 0.29) is 0 Å². The number of benzene rings is 3. The molecule has 25 heavy (non-hydrogen) atoms. The summed E-state index contributed by atoms with van der Waals surface area (Å²) < 4.78 is 0. The average molecular weight is 328 g/mol. The van der Waals surface area contributed by atoms with E-state index in [9.17, 15) is 4.79 Å². The van der Waals surface area contributed by atoms with Gasteiger partial charge in [-0.2, -0.15) is 0 Å². The Morgan fingerprint density at radius 2 is 1.72 bits per heavy atom. The number of carbonyl (C=O) groups is 1. The summed E-state index contributed by atoms with van der Waals surface area (Å²) in [6.07, 6.45) is 0.726. The Hall–Kier alpha value is -3.40. The highest BCUT2D eigenvalue weighted by Gasteiger charge is 2.06. The Bertz CT molecular complexity index is 1020. The summed E-state index contributed by atoms with van der Waals surface area (Å²) >= 11 is 0. The van der Waals surface area contributed by atoms with Crippen molar-refractivity contribution in [2.24, 2.45) is 0 Å². The standard InChI is InChI=1S/C21H16N2O2/c24-21(25)17-5-3-4-16(13-17)15-10-8-14(9-11-15)12-20-22-18-6-1-2-7-19(18)23-20/h1-11,13H,12H2,(H,22,23)(H,24,25). The molecule has 1 heterocycles. The highest BCUT2D eigenvalue weighted by Crippen LogP contribution is 2.22. The number of aromatic carboxylic acids is 1. The van der Waals surface area contributed by atoms with Gasteiger partial charge in [0.05, 0.1) is 16.6 Å². The minimum Gasteiger partial charge on any atom is -0.478 e. The molecule has 0 unspecified atom stereocenters. The average Bonchev–Trinajstić information content (AvgIpc) is 3.04. The molecule has 4 rings (SSSR count). The number of hydrogen-bond acceptors (Lipinski definition) is 2. The molecule has 0 saturated carbocycles. The van der Waals surface area contributed by atoms with Gasteiger partial charge in [0.15, 0.2) is 0 Å². The van der Waals surface area contributed by atoms with Crippen LogP contribution in [0.3, 0.4) is 0 Å². The molecule has 0 radical (unpaired) electrons. The zero-order valence-corrected chi connectivity index (χ0v) is 13.4. The Labute approximate surface area is 144 Å². The van der Waals surface area contributed by atoms with Crippen LogP contribution in [0.2, 0.25) is 0 Å². The first-order chi connectivity index (χ1) is 12.2. The Morgan fingerprint density at radius 3 is 2.48 bits per heavy atom. The fourth-order valence-electron chi connectivity index (χ4n) is 2.93. The second-order valence-electron chi connectivity index (χ2n) is 5.96. The summed E-state index contributed by atoms with van der Waals surface area (Å²) in [6, 6.07) is 23.1. The Kier molecular flexibility index (Phi) is 3.78. The quantitative estimate of drug-likeness (QED) is 0.579. The van der Waals surface area contributed by atoms with Crippen molar-refractivity contribution in [1.82, 2.24) is 9.97 Å². The third-order valence-corrected chi connectivity index (χ3v) is 4.21. The van der Waals surface area contributed by atoms with Gasteiger partial charge in [0.1, 0.15) is 5.82 Å². The number of imidazole rings is 1. The molecule has 0 aliphatic carbocycles. The SMILES string of the molecule is O=C(O)c1cccc(-c2ccc(Cc3nc4ccccc4[nH]3)cc2)c1. The van der Waals surface area contributed by atoms with E-state index in [2.05, 4.69) is 22.1 Å². The van der Waals surface area contributed by atoms with Gasteiger partial charge in [0, 0.05) is 6.42 Å². The van der Waals surface area contributed by atoms with Crippen molar-refractivity contribution < 1.29 is 9.90 Å². The second-order valence-corrected chi connectivity index (χ2v) is 5.96. The van der Waals surface area contributed by atoms with Gasteiger partial charge >= 0.3 is 5.97 Å². The largest absolute Gasteiger partial charge is 0.478 e. The summed E-state index contributed by atoms with van der Waals surface area (Å²) in [4.78, 5) is 19.0. The topological polar surface area (TPSA) is 66.0 Å². The van der Waals surface area contributed by atoms with E-state index in [1.165, 1.54) is 0 Å². The molecular formula is C21H16N2O2. The van der Waals surface area contributed by atoms with E-state index in [1.807, 2.05) is 42.5 Å². The number of carboxylic acid groups (broad SMARTS) is 1. The van der Waals surface area contributed by atoms with Crippen molar-refractivity contribution >= 4 is 17.0 Å². The zero-order valence-electron chi connectivity index (χ0n) is 13.4. The summed E-state index contributed by atoms with van der Waals surface area (Å²) in [6.45, 7) is 0. The highest BCUT2D eigenvalue weighted by molar-refractivity contribution is 5.89. The first-order valence-corrected chi connectivity index (χ1v) is 8.05. The molecule has 1 aromatic heterocycles. The summed E-state index contributed by atoms with van der Waals surface area (Å²) in [5.74, 6) is 0.0187. The van der Waals surface area contributed by atoms with Crippen LogP contribution in [0.4, 0.5) is 0 Å². The molecule has 0 aliphatic rings. The number of fused-ring (bicyclic) bond motifs is 1. The molecule has 4 nitrogen and oxygen atoms in total. The van der Waals surface area contributed by atoms with Gasteiger partial charge in [-0.1, -0.05) is 48.5 Å². The fraction of sp³-hybridized carbons (Fsp3) is 0.0476. The second kappa shape index (κ2) is 6.24. The van der Waals surface area contributed by atoms with Crippen LogP contribution in [-0.2, 0) is 6.42 Å². The first kappa shape index (κ1) is 15.1. The van der Waals surface area contributed by atoms with Gasteiger partial charge in [-0.05, 0) is 41.0 Å². The third-order valence-electron chi connectivity index (χ3n) is 4.21. The molecule has 0 amide bonds. The van der Waals surface area contributed by atoms with Crippen molar-refractivity contribution in [2.45, 2.75) is 6.42 Å². The fourth-order valence-corrected chi connectivity index (χ4v) is 2.93. The molecule has 122 valence electrons. The van der Waals surface area contributed by atoms with Crippen molar-refractivity contribution in [3.63, 3.8) is 0 Å².